The molecule has 2 aromatic carbocycles. The Morgan fingerprint density at radius 2 is 0.820 bits per heavy atom. The molecule has 1 aromatic heterocycles. The molecule has 0 aliphatic carbocycles. The molecule has 12 heteroatoms. The number of hydrogen-bond donors (Lipinski definition) is 0. The maximum Gasteiger partial charge on any atom is 0.514 e. The van der Waals surface area contributed by atoms with Gasteiger partial charge < -0.3 is 28.4 Å². The first-order valence-corrected chi connectivity index (χ1v) is 22.7. The molecule has 0 spiro atoms. The summed E-state index contributed by atoms with van der Waals surface area (Å²) in [6, 6.07) is 7.53. The zero-order chi connectivity index (χ0) is 46.4. The van der Waals surface area contributed by atoms with Crippen molar-refractivity contribution >= 4 is 24.1 Å². The van der Waals surface area contributed by atoms with Gasteiger partial charge in [0.15, 0.2) is 5.16 Å². The molecule has 3 aromatic rings. The van der Waals surface area contributed by atoms with E-state index in [1.54, 1.807) is 41.5 Å². The van der Waals surface area contributed by atoms with Gasteiger partial charge >= 0.3 is 24.3 Å². The van der Waals surface area contributed by atoms with Crippen molar-refractivity contribution in [3.8, 4) is 35.0 Å². The van der Waals surface area contributed by atoms with Gasteiger partial charge in [0.05, 0.1) is 0 Å². The maximum absolute atomic E-state index is 13.1. The van der Waals surface area contributed by atoms with Crippen molar-refractivity contribution in [1.82, 2.24) is 15.0 Å². The molecule has 0 radical (unpaired) electrons. The van der Waals surface area contributed by atoms with Gasteiger partial charge in [-0.15, -0.1) is 4.98 Å². The molecule has 0 N–H and O–H groups in total. The normalized spacial score (nSPS) is 12.8. The number of ether oxygens (including phenoxy) is 6. The molecule has 0 fully saturated rings. The minimum atomic E-state index is -0.780. The third-order valence-electron chi connectivity index (χ3n) is 9.23. The van der Waals surface area contributed by atoms with Crippen LogP contribution in [0.15, 0.2) is 29.4 Å². The summed E-state index contributed by atoms with van der Waals surface area (Å²) in [7, 11) is 0. The van der Waals surface area contributed by atoms with E-state index in [1.807, 2.05) is 107 Å². The smallest absolute Gasteiger partial charge is 0.428 e. The maximum atomic E-state index is 13.1. The fraction of sp³-hybridized carbons (Fsp3) is 0.653. The van der Waals surface area contributed by atoms with E-state index in [2.05, 4.69) is 6.92 Å². The lowest BCUT2D eigenvalue weighted by Crippen LogP contribution is -2.28. The van der Waals surface area contributed by atoms with Crippen molar-refractivity contribution in [2.75, 3.05) is 5.75 Å². The summed E-state index contributed by atoms with van der Waals surface area (Å²) in [5.41, 5.74) is -0.298. The van der Waals surface area contributed by atoms with Crippen LogP contribution in [-0.2, 0) is 31.1 Å². The first-order chi connectivity index (χ1) is 27.8. The topological polar surface area (TPSA) is 128 Å². The molecule has 0 unspecified atom stereocenters. The van der Waals surface area contributed by atoms with Crippen LogP contribution in [0.1, 0.15) is 192 Å². The van der Waals surface area contributed by atoms with Crippen LogP contribution >= 0.6 is 11.8 Å². The monoisotopic (exact) mass is 866 g/mol. The number of nitrogens with zero attached hydrogens (tertiary/aromatic N) is 3. The number of thioether (sulfide) groups is 1. The highest BCUT2D eigenvalue weighted by molar-refractivity contribution is 7.99. The molecule has 3 rings (SSSR count). The second-order valence-electron chi connectivity index (χ2n) is 21.8. The molecule has 0 aliphatic heterocycles. The van der Waals surface area contributed by atoms with Crippen LogP contribution in [0.5, 0.6) is 35.0 Å². The predicted octanol–water partition coefficient (Wildman–Crippen LogP) is 14.7. The Labute approximate surface area is 371 Å². The number of hydrogen-bond acceptors (Lipinski definition) is 12. The average molecular weight is 866 g/mol. The largest absolute Gasteiger partial charge is 0.514 e. The number of rotatable bonds is 14. The summed E-state index contributed by atoms with van der Waals surface area (Å²) in [5.74, 6) is 2.60. The molecule has 0 saturated heterocycles. The number of unbranched alkanes of at least 4 members (excludes halogenated alkanes) is 5. The summed E-state index contributed by atoms with van der Waals surface area (Å²) in [4.78, 5) is 40.4. The Morgan fingerprint density at radius 3 is 1.13 bits per heavy atom. The van der Waals surface area contributed by atoms with Gasteiger partial charge in [-0.05, 0) is 93.9 Å². The van der Waals surface area contributed by atoms with Crippen molar-refractivity contribution in [3.05, 3.63) is 46.5 Å². The van der Waals surface area contributed by atoms with Crippen molar-refractivity contribution in [2.45, 2.75) is 208 Å². The van der Waals surface area contributed by atoms with Crippen LogP contribution in [0.25, 0.3) is 0 Å². The van der Waals surface area contributed by atoms with Crippen molar-refractivity contribution in [2.24, 2.45) is 0 Å². The highest BCUT2D eigenvalue weighted by Gasteiger charge is 2.33. The lowest BCUT2D eigenvalue weighted by molar-refractivity contribution is 0.0185. The van der Waals surface area contributed by atoms with Gasteiger partial charge in [0, 0.05) is 28.0 Å². The Balaban J connectivity index is 2.20. The van der Waals surface area contributed by atoms with Gasteiger partial charge in [0.25, 0.3) is 0 Å². The number of aromatic nitrogens is 3. The number of benzene rings is 2. The summed E-state index contributed by atoms with van der Waals surface area (Å²) >= 11 is 1.53. The highest BCUT2D eigenvalue weighted by Crippen LogP contribution is 2.45. The summed E-state index contributed by atoms with van der Waals surface area (Å²) in [5, 5.41) is 0.461. The molecule has 61 heavy (non-hydrogen) atoms. The van der Waals surface area contributed by atoms with Gasteiger partial charge in [-0.1, -0.05) is 134 Å². The Kier molecular flexibility index (Phi) is 16.8. The van der Waals surface area contributed by atoms with Crippen LogP contribution in [-0.4, -0.2) is 44.2 Å². The van der Waals surface area contributed by atoms with E-state index in [0.717, 1.165) is 40.8 Å². The minimum Gasteiger partial charge on any atom is -0.428 e. The summed E-state index contributed by atoms with van der Waals surface area (Å²) in [6.45, 7) is 37.6. The van der Waals surface area contributed by atoms with E-state index in [4.69, 9.17) is 43.4 Å². The van der Waals surface area contributed by atoms with Crippen molar-refractivity contribution in [1.29, 1.82) is 0 Å². The van der Waals surface area contributed by atoms with Crippen LogP contribution in [0, 0.1) is 0 Å². The lowest BCUT2D eigenvalue weighted by Gasteiger charge is -2.30. The second kappa shape index (κ2) is 20.0. The average Bonchev–Trinajstić information content (AvgIpc) is 3.05. The molecule has 0 saturated carbocycles. The third-order valence-corrected chi connectivity index (χ3v) is 10.2. The Hall–Kier alpha value is -4.06. The molecule has 0 amide bonds. The van der Waals surface area contributed by atoms with Crippen LogP contribution in [0.4, 0.5) is 9.59 Å². The van der Waals surface area contributed by atoms with Gasteiger partial charge in [0.2, 0.25) is 0 Å². The first-order valence-electron chi connectivity index (χ1n) is 21.7. The van der Waals surface area contributed by atoms with E-state index < -0.39 is 45.2 Å². The van der Waals surface area contributed by atoms with E-state index >= 15 is 0 Å². The third kappa shape index (κ3) is 16.6. The lowest BCUT2D eigenvalue weighted by atomic mass is 9.79. The quantitative estimate of drug-likeness (QED) is 0.0662. The Bertz CT molecular complexity index is 1770. The van der Waals surface area contributed by atoms with Crippen LogP contribution < -0.4 is 18.9 Å². The van der Waals surface area contributed by atoms with Gasteiger partial charge in [-0.3, -0.25) is 0 Å². The van der Waals surface area contributed by atoms with Gasteiger partial charge in [-0.25, -0.2) is 9.59 Å². The molecule has 0 aliphatic rings. The zero-order valence-corrected chi connectivity index (χ0v) is 41.6. The molecule has 340 valence electrons. The van der Waals surface area contributed by atoms with E-state index in [9.17, 15) is 9.59 Å². The Morgan fingerprint density at radius 1 is 0.492 bits per heavy atom. The number of carbonyl (C=O) groups excluding carboxylic acids is 2. The van der Waals surface area contributed by atoms with Crippen molar-refractivity contribution in [3.63, 3.8) is 0 Å². The second-order valence-corrected chi connectivity index (χ2v) is 22.9. The van der Waals surface area contributed by atoms with E-state index in [1.165, 1.54) is 37.4 Å². The molecule has 11 nitrogen and oxygen atoms in total. The van der Waals surface area contributed by atoms with E-state index in [0.29, 0.717) is 28.2 Å². The summed E-state index contributed by atoms with van der Waals surface area (Å²) in [6.07, 6.45) is 5.43. The summed E-state index contributed by atoms with van der Waals surface area (Å²) < 4.78 is 36.2. The fourth-order valence-corrected chi connectivity index (χ4v) is 7.03. The number of carbonyl (C=O) groups is 2. The molecule has 0 bridgehead atoms. The highest BCUT2D eigenvalue weighted by atomic mass is 32.2. The first kappa shape index (κ1) is 51.3. The molecular weight excluding hydrogens is 791 g/mol. The minimum absolute atomic E-state index is 0.0490. The van der Waals surface area contributed by atoms with Crippen LogP contribution in [0.3, 0.4) is 0 Å². The van der Waals surface area contributed by atoms with Crippen molar-refractivity contribution < 1.29 is 38.0 Å². The van der Waals surface area contributed by atoms with Crippen LogP contribution in [0.2, 0.25) is 0 Å². The molecule has 0 atom stereocenters. The predicted molar refractivity (Wildman–Crippen MR) is 245 cm³/mol. The zero-order valence-electron chi connectivity index (χ0n) is 40.8. The molecular formula is C49H75N3O8S. The standard InChI is InChI=1S/C49H75N3O8S/c1-20-21-22-23-24-25-26-61-41-51-39(55-31-27-33(44(2,3)4)37(34(28-31)45(5,6)7)57-42(53)59-48(14,15)16)50-40(52-41)56-32-29-35(46(8,9)10)38(36(30-32)47(11,12)13)58-43(54)60-49(17,18)19/h27-30H,20-26H2,1-19H3. The van der Waals surface area contributed by atoms with Gasteiger partial charge in [-0.2, -0.15) is 9.97 Å². The SMILES string of the molecule is CCCCCCCCSc1nc(Oc2cc(C(C)(C)C)c(OC(=O)OC(C)(C)C)c(C(C)(C)C)c2)nc(Oc2cc(C(C)(C)C)c(OC(=O)OC(C)(C)C)c(C(C)(C)C)c2)n1. The van der Waals surface area contributed by atoms with E-state index in [-0.39, 0.29) is 12.0 Å². The fourth-order valence-electron chi connectivity index (χ4n) is 6.21. The molecule has 1 heterocycles. The van der Waals surface area contributed by atoms with Gasteiger partial charge in [0.1, 0.15) is 34.2 Å².